The lowest BCUT2D eigenvalue weighted by Crippen LogP contribution is -2.23. The van der Waals surface area contributed by atoms with Gasteiger partial charge in [0.1, 0.15) is 0 Å². The lowest BCUT2D eigenvalue weighted by atomic mass is 9.99. The van der Waals surface area contributed by atoms with Crippen molar-refractivity contribution in [3.63, 3.8) is 0 Å². The summed E-state index contributed by atoms with van der Waals surface area (Å²) < 4.78 is 5.64. The van der Waals surface area contributed by atoms with Gasteiger partial charge in [0, 0.05) is 5.69 Å². The second-order valence-corrected chi connectivity index (χ2v) is 4.78. The summed E-state index contributed by atoms with van der Waals surface area (Å²) in [5.74, 6) is 0. The fourth-order valence-electron chi connectivity index (χ4n) is 2.35. The third-order valence-electron chi connectivity index (χ3n) is 3.37. The van der Waals surface area contributed by atoms with Crippen LogP contribution >= 0.6 is 0 Å². The molecule has 0 saturated carbocycles. The Balaban J connectivity index is 1.84. The number of benzene rings is 2. The Morgan fingerprint density at radius 3 is 2.67 bits per heavy atom. The summed E-state index contributed by atoms with van der Waals surface area (Å²) in [6, 6.07) is 17.2. The van der Waals surface area contributed by atoms with Crippen LogP contribution < -0.4 is 5.32 Å². The van der Waals surface area contributed by atoms with E-state index in [1.165, 1.54) is 16.7 Å². The predicted molar refractivity (Wildman–Crippen MR) is 73.6 cm³/mol. The molecule has 0 saturated heterocycles. The van der Waals surface area contributed by atoms with Crippen molar-refractivity contribution in [1.82, 2.24) is 0 Å². The SMILES string of the molecule is Cc1ccc(NC2COCc3ccccc32)cc1. The highest BCUT2D eigenvalue weighted by Gasteiger charge is 2.19. The molecule has 0 amide bonds. The molecule has 92 valence electrons. The minimum Gasteiger partial charge on any atom is -0.376 e. The van der Waals surface area contributed by atoms with Gasteiger partial charge < -0.3 is 10.1 Å². The van der Waals surface area contributed by atoms with E-state index in [-0.39, 0.29) is 6.04 Å². The zero-order valence-corrected chi connectivity index (χ0v) is 10.5. The van der Waals surface area contributed by atoms with E-state index >= 15 is 0 Å². The van der Waals surface area contributed by atoms with E-state index in [0.29, 0.717) is 0 Å². The molecule has 1 aliphatic rings. The minimum atomic E-state index is 0.248. The summed E-state index contributed by atoms with van der Waals surface area (Å²) >= 11 is 0. The molecule has 1 heterocycles. The number of hydrogen-bond acceptors (Lipinski definition) is 2. The van der Waals surface area contributed by atoms with Crippen LogP contribution in [0.1, 0.15) is 22.7 Å². The van der Waals surface area contributed by atoms with Crippen LogP contribution in [0.5, 0.6) is 0 Å². The molecule has 0 aromatic heterocycles. The van der Waals surface area contributed by atoms with Crippen molar-refractivity contribution in [1.29, 1.82) is 0 Å². The quantitative estimate of drug-likeness (QED) is 0.863. The Morgan fingerprint density at radius 1 is 1.06 bits per heavy atom. The van der Waals surface area contributed by atoms with E-state index in [2.05, 4.69) is 60.8 Å². The Morgan fingerprint density at radius 2 is 1.83 bits per heavy atom. The van der Waals surface area contributed by atoms with Crippen molar-refractivity contribution in [3.8, 4) is 0 Å². The number of ether oxygens (including phenoxy) is 1. The number of anilines is 1. The van der Waals surface area contributed by atoms with Crippen molar-refractivity contribution in [3.05, 3.63) is 65.2 Å². The second kappa shape index (κ2) is 4.83. The van der Waals surface area contributed by atoms with Gasteiger partial charge in [-0.2, -0.15) is 0 Å². The van der Waals surface area contributed by atoms with Gasteiger partial charge in [0.15, 0.2) is 0 Å². The average Bonchev–Trinajstić information content (AvgIpc) is 2.42. The van der Waals surface area contributed by atoms with E-state index in [9.17, 15) is 0 Å². The number of nitrogens with one attached hydrogen (secondary N) is 1. The van der Waals surface area contributed by atoms with Crippen LogP contribution in [0, 0.1) is 6.92 Å². The zero-order chi connectivity index (χ0) is 12.4. The number of hydrogen-bond donors (Lipinski definition) is 1. The Kier molecular flexibility index (Phi) is 3.03. The summed E-state index contributed by atoms with van der Waals surface area (Å²) in [7, 11) is 0. The highest BCUT2D eigenvalue weighted by atomic mass is 16.5. The highest BCUT2D eigenvalue weighted by Crippen LogP contribution is 2.27. The van der Waals surface area contributed by atoms with Crippen LogP contribution in [-0.4, -0.2) is 6.61 Å². The first kappa shape index (κ1) is 11.3. The molecular formula is C16H17NO. The molecular weight excluding hydrogens is 222 g/mol. The molecule has 2 nitrogen and oxygen atoms in total. The van der Waals surface area contributed by atoms with Gasteiger partial charge >= 0.3 is 0 Å². The smallest absolute Gasteiger partial charge is 0.0751 e. The molecule has 2 aromatic rings. The molecule has 0 radical (unpaired) electrons. The summed E-state index contributed by atoms with van der Waals surface area (Å²) in [6.07, 6.45) is 0. The van der Waals surface area contributed by atoms with E-state index in [0.717, 1.165) is 18.9 Å². The maximum Gasteiger partial charge on any atom is 0.0751 e. The molecule has 2 heteroatoms. The molecule has 3 rings (SSSR count). The molecule has 0 spiro atoms. The Hall–Kier alpha value is -1.80. The van der Waals surface area contributed by atoms with Crippen molar-refractivity contribution in [2.75, 3.05) is 11.9 Å². The van der Waals surface area contributed by atoms with Gasteiger partial charge in [-0.1, -0.05) is 42.0 Å². The molecule has 1 unspecified atom stereocenters. The highest BCUT2D eigenvalue weighted by molar-refractivity contribution is 5.48. The largest absolute Gasteiger partial charge is 0.376 e. The lowest BCUT2D eigenvalue weighted by molar-refractivity contribution is 0.0970. The average molecular weight is 239 g/mol. The zero-order valence-electron chi connectivity index (χ0n) is 10.5. The van der Waals surface area contributed by atoms with Crippen molar-refractivity contribution in [2.45, 2.75) is 19.6 Å². The topological polar surface area (TPSA) is 21.3 Å². The van der Waals surface area contributed by atoms with Crippen LogP contribution in [0.3, 0.4) is 0 Å². The number of fused-ring (bicyclic) bond motifs is 1. The molecule has 18 heavy (non-hydrogen) atoms. The Bertz CT molecular complexity index is 533. The van der Waals surface area contributed by atoms with Gasteiger partial charge in [-0.15, -0.1) is 0 Å². The summed E-state index contributed by atoms with van der Waals surface area (Å²) in [4.78, 5) is 0. The van der Waals surface area contributed by atoms with Crippen LogP contribution in [0.15, 0.2) is 48.5 Å². The first-order valence-corrected chi connectivity index (χ1v) is 6.32. The minimum absolute atomic E-state index is 0.248. The van der Waals surface area contributed by atoms with Crippen LogP contribution in [0.25, 0.3) is 0 Å². The predicted octanol–water partition coefficient (Wildman–Crippen LogP) is 3.68. The molecule has 0 bridgehead atoms. The third-order valence-corrected chi connectivity index (χ3v) is 3.37. The number of aryl methyl sites for hydroxylation is 1. The van der Waals surface area contributed by atoms with Gasteiger partial charge in [0.05, 0.1) is 19.3 Å². The van der Waals surface area contributed by atoms with Gasteiger partial charge in [0.25, 0.3) is 0 Å². The van der Waals surface area contributed by atoms with Crippen LogP contribution in [-0.2, 0) is 11.3 Å². The van der Waals surface area contributed by atoms with E-state index in [4.69, 9.17) is 4.74 Å². The second-order valence-electron chi connectivity index (χ2n) is 4.78. The summed E-state index contributed by atoms with van der Waals surface area (Å²) in [5.41, 5.74) is 5.06. The van der Waals surface area contributed by atoms with Crippen molar-refractivity contribution < 1.29 is 4.74 Å². The molecule has 2 aromatic carbocycles. The fraction of sp³-hybridized carbons (Fsp3) is 0.250. The first-order valence-electron chi connectivity index (χ1n) is 6.32. The van der Waals surface area contributed by atoms with Crippen molar-refractivity contribution in [2.24, 2.45) is 0 Å². The molecule has 1 N–H and O–H groups in total. The molecule has 0 fully saturated rings. The van der Waals surface area contributed by atoms with E-state index in [1.54, 1.807) is 0 Å². The Labute approximate surface area is 108 Å². The van der Waals surface area contributed by atoms with Gasteiger partial charge in [-0.3, -0.25) is 0 Å². The summed E-state index contributed by atoms with van der Waals surface area (Å²) in [5, 5.41) is 3.54. The monoisotopic (exact) mass is 239 g/mol. The van der Waals surface area contributed by atoms with Gasteiger partial charge in [-0.05, 0) is 30.2 Å². The molecule has 1 atom stereocenters. The van der Waals surface area contributed by atoms with Crippen molar-refractivity contribution >= 4 is 5.69 Å². The fourth-order valence-corrected chi connectivity index (χ4v) is 2.35. The normalized spacial score (nSPS) is 18.2. The third kappa shape index (κ3) is 2.24. The maximum absolute atomic E-state index is 5.64. The van der Waals surface area contributed by atoms with Crippen LogP contribution in [0.2, 0.25) is 0 Å². The maximum atomic E-state index is 5.64. The van der Waals surface area contributed by atoms with Gasteiger partial charge in [-0.25, -0.2) is 0 Å². The van der Waals surface area contributed by atoms with E-state index < -0.39 is 0 Å². The lowest BCUT2D eigenvalue weighted by Gasteiger charge is -2.27. The standard InChI is InChI=1S/C16H17NO/c1-12-6-8-14(9-7-12)17-16-11-18-10-13-4-2-3-5-15(13)16/h2-9,16-17H,10-11H2,1H3. The first-order chi connectivity index (χ1) is 8.83. The summed E-state index contributed by atoms with van der Waals surface area (Å²) in [6.45, 7) is 3.55. The number of rotatable bonds is 2. The van der Waals surface area contributed by atoms with E-state index in [1.807, 2.05) is 0 Å². The van der Waals surface area contributed by atoms with Crippen LogP contribution in [0.4, 0.5) is 5.69 Å². The molecule has 1 aliphatic heterocycles. The molecule has 0 aliphatic carbocycles. The van der Waals surface area contributed by atoms with Gasteiger partial charge in [0.2, 0.25) is 0 Å².